The first-order valence-electron chi connectivity index (χ1n) is 6.00. The summed E-state index contributed by atoms with van der Waals surface area (Å²) in [5.74, 6) is -1.84. The molecule has 1 unspecified atom stereocenters. The molecule has 0 bridgehead atoms. The molecule has 18 heavy (non-hydrogen) atoms. The lowest BCUT2D eigenvalue weighted by molar-refractivity contribution is -0.141. The first-order chi connectivity index (χ1) is 8.47. The Hall–Kier alpha value is -1.79. The summed E-state index contributed by atoms with van der Waals surface area (Å²) < 4.78 is 0. The molecule has 0 spiro atoms. The lowest BCUT2D eigenvalue weighted by Gasteiger charge is -2.11. The molecule has 0 radical (unpaired) electrons. The molecular weight excluding hydrogens is 238 g/mol. The van der Waals surface area contributed by atoms with Crippen LogP contribution < -0.4 is 16.4 Å². The molecule has 104 valence electrons. The number of amides is 3. The largest absolute Gasteiger partial charge is 0.481 e. The summed E-state index contributed by atoms with van der Waals surface area (Å²) in [4.78, 5) is 32.4. The van der Waals surface area contributed by atoms with Gasteiger partial charge >= 0.3 is 12.0 Å². The zero-order valence-corrected chi connectivity index (χ0v) is 10.6. The average molecular weight is 259 g/mol. The van der Waals surface area contributed by atoms with Crippen LogP contribution >= 0.6 is 0 Å². The highest BCUT2D eigenvalue weighted by Gasteiger charge is 2.15. The molecule has 1 atom stereocenters. The molecule has 5 N–H and O–H groups in total. The maximum Gasteiger partial charge on any atom is 0.314 e. The van der Waals surface area contributed by atoms with Crippen molar-refractivity contribution in [2.45, 2.75) is 32.6 Å². The standard InChI is InChI=1S/C11H21N3O4/c1-2-8(10(16)17)7-14-11(18)13-6-4-3-5-9(12)15/h8H,2-7H2,1H3,(H2,12,15)(H,16,17)(H2,13,14,18). The summed E-state index contributed by atoms with van der Waals surface area (Å²) in [5.41, 5.74) is 4.96. The number of hydrogen-bond donors (Lipinski definition) is 4. The molecule has 0 aromatic rings. The van der Waals surface area contributed by atoms with E-state index in [4.69, 9.17) is 10.8 Å². The van der Waals surface area contributed by atoms with E-state index in [-0.39, 0.29) is 12.5 Å². The number of rotatable bonds is 9. The zero-order valence-electron chi connectivity index (χ0n) is 10.6. The third-order valence-electron chi connectivity index (χ3n) is 2.49. The van der Waals surface area contributed by atoms with Crippen molar-refractivity contribution in [1.29, 1.82) is 0 Å². The first kappa shape index (κ1) is 16.2. The minimum atomic E-state index is -0.917. The van der Waals surface area contributed by atoms with Crippen LogP contribution in [0.2, 0.25) is 0 Å². The smallest absolute Gasteiger partial charge is 0.314 e. The number of hydrogen-bond acceptors (Lipinski definition) is 3. The van der Waals surface area contributed by atoms with Gasteiger partial charge in [0.25, 0.3) is 0 Å². The van der Waals surface area contributed by atoms with Gasteiger partial charge in [0.2, 0.25) is 5.91 Å². The number of carbonyl (C=O) groups is 3. The first-order valence-corrected chi connectivity index (χ1v) is 6.00. The Labute approximate surface area is 106 Å². The van der Waals surface area contributed by atoms with E-state index in [1.165, 1.54) is 0 Å². The fourth-order valence-corrected chi connectivity index (χ4v) is 1.31. The second kappa shape index (κ2) is 9.26. The van der Waals surface area contributed by atoms with Crippen molar-refractivity contribution in [3.05, 3.63) is 0 Å². The minimum Gasteiger partial charge on any atom is -0.481 e. The van der Waals surface area contributed by atoms with Gasteiger partial charge in [0, 0.05) is 19.5 Å². The van der Waals surface area contributed by atoms with Crippen molar-refractivity contribution in [3.63, 3.8) is 0 Å². The molecule has 0 aliphatic carbocycles. The summed E-state index contributed by atoms with van der Waals surface area (Å²) >= 11 is 0. The van der Waals surface area contributed by atoms with Crippen LogP contribution in [0.5, 0.6) is 0 Å². The highest BCUT2D eigenvalue weighted by atomic mass is 16.4. The Morgan fingerprint density at radius 3 is 2.39 bits per heavy atom. The van der Waals surface area contributed by atoms with E-state index in [9.17, 15) is 14.4 Å². The predicted molar refractivity (Wildman–Crippen MR) is 65.9 cm³/mol. The molecule has 7 heteroatoms. The molecule has 3 amide bonds. The van der Waals surface area contributed by atoms with Crippen LogP contribution in [0.15, 0.2) is 0 Å². The van der Waals surface area contributed by atoms with E-state index < -0.39 is 17.9 Å². The van der Waals surface area contributed by atoms with Gasteiger partial charge in [0.1, 0.15) is 0 Å². The topological polar surface area (TPSA) is 122 Å². The number of nitrogens with two attached hydrogens (primary N) is 1. The molecule has 0 aromatic carbocycles. The number of carboxylic acids is 1. The molecule has 0 saturated carbocycles. The molecule has 0 aliphatic rings. The van der Waals surface area contributed by atoms with Crippen LogP contribution in [0, 0.1) is 5.92 Å². The van der Waals surface area contributed by atoms with Gasteiger partial charge in [-0.25, -0.2) is 4.79 Å². The van der Waals surface area contributed by atoms with Crippen molar-refractivity contribution < 1.29 is 19.5 Å². The molecule has 0 heterocycles. The Balaban J connectivity index is 3.59. The Morgan fingerprint density at radius 2 is 1.89 bits per heavy atom. The van der Waals surface area contributed by atoms with Crippen molar-refractivity contribution in [2.24, 2.45) is 11.7 Å². The lowest BCUT2D eigenvalue weighted by Crippen LogP contribution is -2.40. The summed E-state index contributed by atoms with van der Waals surface area (Å²) in [5, 5.41) is 13.8. The molecule has 7 nitrogen and oxygen atoms in total. The molecule has 0 aliphatic heterocycles. The van der Waals surface area contributed by atoms with Crippen LogP contribution in [0.25, 0.3) is 0 Å². The average Bonchev–Trinajstić information content (AvgIpc) is 2.28. The number of nitrogens with one attached hydrogen (secondary N) is 2. The second-order valence-corrected chi connectivity index (χ2v) is 4.00. The van der Waals surface area contributed by atoms with Crippen molar-refractivity contribution in [1.82, 2.24) is 10.6 Å². The van der Waals surface area contributed by atoms with E-state index in [1.807, 2.05) is 0 Å². The monoisotopic (exact) mass is 259 g/mol. The van der Waals surface area contributed by atoms with Gasteiger partial charge in [-0.05, 0) is 19.3 Å². The van der Waals surface area contributed by atoms with E-state index in [1.54, 1.807) is 6.92 Å². The number of carbonyl (C=O) groups excluding carboxylic acids is 2. The van der Waals surface area contributed by atoms with Crippen LogP contribution in [-0.2, 0) is 9.59 Å². The van der Waals surface area contributed by atoms with Gasteiger partial charge in [-0.3, -0.25) is 9.59 Å². The van der Waals surface area contributed by atoms with Gasteiger partial charge < -0.3 is 21.5 Å². The van der Waals surface area contributed by atoms with Crippen LogP contribution in [0.3, 0.4) is 0 Å². The predicted octanol–water partition coefficient (Wildman–Crippen LogP) is 0.0520. The van der Waals surface area contributed by atoms with Crippen LogP contribution in [-0.4, -0.2) is 36.1 Å². The van der Waals surface area contributed by atoms with Gasteiger partial charge in [0.15, 0.2) is 0 Å². The van der Waals surface area contributed by atoms with Gasteiger partial charge in [0.05, 0.1) is 5.92 Å². The highest BCUT2D eigenvalue weighted by Crippen LogP contribution is 2.00. The number of primary amides is 1. The summed E-state index contributed by atoms with van der Waals surface area (Å²) in [7, 11) is 0. The van der Waals surface area contributed by atoms with Crippen LogP contribution in [0.4, 0.5) is 4.79 Å². The Morgan fingerprint density at radius 1 is 1.22 bits per heavy atom. The minimum absolute atomic E-state index is 0.110. The summed E-state index contributed by atoms with van der Waals surface area (Å²) in [6.45, 7) is 2.30. The highest BCUT2D eigenvalue weighted by molar-refractivity contribution is 5.75. The molecular formula is C11H21N3O4. The number of urea groups is 1. The Bertz CT molecular complexity index is 294. The quantitative estimate of drug-likeness (QED) is 0.437. The SMILES string of the molecule is CCC(CNC(=O)NCCCCC(N)=O)C(=O)O. The Kier molecular flexibility index (Phi) is 8.34. The number of unbranched alkanes of at least 4 members (excludes halogenated alkanes) is 1. The van der Waals surface area contributed by atoms with Crippen molar-refractivity contribution in [2.75, 3.05) is 13.1 Å². The molecule has 0 saturated heterocycles. The fourth-order valence-electron chi connectivity index (χ4n) is 1.31. The molecule has 0 rings (SSSR count). The van der Waals surface area contributed by atoms with Crippen molar-refractivity contribution in [3.8, 4) is 0 Å². The molecule has 0 fully saturated rings. The van der Waals surface area contributed by atoms with Gasteiger partial charge in [-0.15, -0.1) is 0 Å². The van der Waals surface area contributed by atoms with E-state index in [0.29, 0.717) is 32.2 Å². The van der Waals surface area contributed by atoms with E-state index >= 15 is 0 Å². The van der Waals surface area contributed by atoms with Crippen LogP contribution in [0.1, 0.15) is 32.6 Å². The van der Waals surface area contributed by atoms with E-state index in [0.717, 1.165) is 0 Å². The normalized spacial score (nSPS) is 11.6. The summed E-state index contributed by atoms with van der Waals surface area (Å²) in [6, 6.07) is -0.395. The van der Waals surface area contributed by atoms with Gasteiger partial charge in [-0.1, -0.05) is 6.92 Å². The number of carboxylic acid groups (broad SMARTS) is 1. The maximum atomic E-state index is 11.3. The molecule has 0 aromatic heterocycles. The fraction of sp³-hybridized carbons (Fsp3) is 0.727. The maximum absolute atomic E-state index is 11.3. The summed E-state index contributed by atoms with van der Waals surface area (Å²) in [6.07, 6.45) is 2.06. The van der Waals surface area contributed by atoms with E-state index in [2.05, 4.69) is 10.6 Å². The van der Waals surface area contributed by atoms with Gasteiger partial charge in [-0.2, -0.15) is 0 Å². The second-order valence-electron chi connectivity index (χ2n) is 4.00. The number of aliphatic carboxylic acids is 1. The zero-order chi connectivity index (χ0) is 14.0. The lowest BCUT2D eigenvalue weighted by atomic mass is 10.1. The van der Waals surface area contributed by atoms with Crippen molar-refractivity contribution >= 4 is 17.9 Å². The third kappa shape index (κ3) is 8.37. The third-order valence-corrected chi connectivity index (χ3v) is 2.49.